The lowest BCUT2D eigenvalue weighted by atomic mass is 10.2. The first kappa shape index (κ1) is 16.9. The van der Waals surface area contributed by atoms with E-state index in [1.54, 1.807) is 42.5 Å². The standard InChI is InChI=1S/C18H14ClNO5/c1-23-14-4-2-3-13(9-14)20-17(21)10-24-18(22)16-8-11-7-12(19)5-6-15(11)25-16/h2-9H,10H2,1H3,(H,20,21). The van der Waals surface area contributed by atoms with Gasteiger partial charge in [0, 0.05) is 22.2 Å². The first-order valence-electron chi connectivity index (χ1n) is 7.35. The number of carbonyl (C=O) groups excluding carboxylic acids is 2. The third-order valence-electron chi connectivity index (χ3n) is 3.37. The van der Waals surface area contributed by atoms with Crippen LogP contribution in [0.3, 0.4) is 0 Å². The zero-order valence-electron chi connectivity index (χ0n) is 13.2. The molecule has 25 heavy (non-hydrogen) atoms. The quantitative estimate of drug-likeness (QED) is 0.699. The minimum atomic E-state index is -0.729. The molecule has 0 saturated carbocycles. The molecule has 0 fully saturated rings. The number of anilines is 1. The molecule has 0 aliphatic heterocycles. The lowest BCUT2D eigenvalue weighted by Gasteiger charge is -2.07. The molecule has 1 heterocycles. The van der Waals surface area contributed by atoms with Crippen molar-refractivity contribution in [2.75, 3.05) is 19.0 Å². The van der Waals surface area contributed by atoms with Crippen molar-refractivity contribution >= 4 is 40.1 Å². The molecule has 2 aromatic carbocycles. The van der Waals surface area contributed by atoms with Crippen molar-refractivity contribution in [3.63, 3.8) is 0 Å². The van der Waals surface area contributed by atoms with E-state index in [0.29, 0.717) is 27.4 Å². The Morgan fingerprint density at radius 1 is 1.16 bits per heavy atom. The molecule has 0 spiro atoms. The normalized spacial score (nSPS) is 10.5. The van der Waals surface area contributed by atoms with E-state index in [1.807, 2.05) is 0 Å². The van der Waals surface area contributed by atoms with Gasteiger partial charge in [0.15, 0.2) is 6.61 Å². The van der Waals surface area contributed by atoms with Gasteiger partial charge in [0.25, 0.3) is 5.91 Å². The van der Waals surface area contributed by atoms with Gasteiger partial charge in [-0.1, -0.05) is 17.7 Å². The smallest absolute Gasteiger partial charge is 0.374 e. The van der Waals surface area contributed by atoms with Crippen LogP contribution in [-0.4, -0.2) is 25.6 Å². The van der Waals surface area contributed by atoms with Crippen LogP contribution in [0.2, 0.25) is 5.02 Å². The van der Waals surface area contributed by atoms with Gasteiger partial charge >= 0.3 is 5.97 Å². The molecule has 6 nitrogen and oxygen atoms in total. The zero-order chi connectivity index (χ0) is 17.8. The molecule has 3 rings (SSSR count). The number of furan rings is 1. The Bertz CT molecular complexity index is 934. The molecule has 0 aliphatic rings. The highest BCUT2D eigenvalue weighted by Crippen LogP contribution is 2.23. The summed E-state index contributed by atoms with van der Waals surface area (Å²) in [6.07, 6.45) is 0. The number of ether oxygens (including phenoxy) is 2. The van der Waals surface area contributed by atoms with Gasteiger partial charge < -0.3 is 19.2 Å². The van der Waals surface area contributed by atoms with Gasteiger partial charge in [0.05, 0.1) is 7.11 Å². The summed E-state index contributed by atoms with van der Waals surface area (Å²) in [5.41, 5.74) is 1.05. The summed E-state index contributed by atoms with van der Waals surface area (Å²) in [7, 11) is 1.53. The Kier molecular flexibility index (Phi) is 4.90. The lowest BCUT2D eigenvalue weighted by Crippen LogP contribution is -2.20. The van der Waals surface area contributed by atoms with Crippen LogP contribution in [0.25, 0.3) is 11.0 Å². The minimum Gasteiger partial charge on any atom is -0.497 e. The van der Waals surface area contributed by atoms with Gasteiger partial charge in [-0.3, -0.25) is 4.79 Å². The zero-order valence-corrected chi connectivity index (χ0v) is 14.0. The molecule has 7 heteroatoms. The molecule has 1 amide bonds. The molecule has 1 aromatic heterocycles. The maximum absolute atomic E-state index is 12.0. The molecule has 0 radical (unpaired) electrons. The molecule has 0 aliphatic carbocycles. The van der Waals surface area contributed by atoms with E-state index in [1.165, 1.54) is 13.2 Å². The van der Waals surface area contributed by atoms with Gasteiger partial charge in [0.1, 0.15) is 11.3 Å². The lowest BCUT2D eigenvalue weighted by molar-refractivity contribution is -0.119. The Balaban J connectivity index is 1.59. The summed E-state index contributed by atoms with van der Waals surface area (Å²) in [5.74, 6) is -0.587. The highest BCUT2D eigenvalue weighted by Gasteiger charge is 2.15. The minimum absolute atomic E-state index is 0.00597. The predicted molar refractivity (Wildman–Crippen MR) is 93.1 cm³/mol. The van der Waals surface area contributed by atoms with Gasteiger partial charge in [0.2, 0.25) is 5.76 Å². The van der Waals surface area contributed by atoms with Crippen molar-refractivity contribution in [3.05, 3.63) is 59.3 Å². The van der Waals surface area contributed by atoms with Crippen LogP contribution in [0, 0.1) is 0 Å². The summed E-state index contributed by atoms with van der Waals surface area (Å²) in [4.78, 5) is 23.9. The van der Waals surface area contributed by atoms with Gasteiger partial charge in [-0.05, 0) is 36.4 Å². The number of halogens is 1. The monoisotopic (exact) mass is 359 g/mol. The van der Waals surface area contributed by atoms with Crippen molar-refractivity contribution in [2.24, 2.45) is 0 Å². The molecular weight excluding hydrogens is 346 g/mol. The van der Waals surface area contributed by atoms with E-state index in [-0.39, 0.29) is 5.76 Å². The van der Waals surface area contributed by atoms with Crippen molar-refractivity contribution < 1.29 is 23.5 Å². The summed E-state index contributed by atoms with van der Waals surface area (Å²) >= 11 is 5.89. The average Bonchev–Trinajstić information content (AvgIpc) is 3.03. The number of benzene rings is 2. The van der Waals surface area contributed by atoms with Crippen LogP contribution < -0.4 is 10.1 Å². The summed E-state index contributed by atoms with van der Waals surface area (Å²) in [5, 5.41) is 3.83. The van der Waals surface area contributed by atoms with E-state index in [4.69, 9.17) is 25.5 Å². The molecule has 128 valence electrons. The number of fused-ring (bicyclic) bond motifs is 1. The van der Waals surface area contributed by atoms with Crippen LogP contribution in [0.15, 0.2) is 52.9 Å². The first-order valence-corrected chi connectivity index (χ1v) is 7.73. The molecule has 0 saturated heterocycles. The fourth-order valence-corrected chi connectivity index (χ4v) is 2.40. The van der Waals surface area contributed by atoms with Crippen LogP contribution in [-0.2, 0) is 9.53 Å². The molecule has 0 atom stereocenters. The van der Waals surface area contributed by atoms with Crippen LogP contribution >= 0.6 is 11.6 Å². The fourth-order valence-electron chi connectivity index (χ4n) is 2.21. The Morgan fingerprint density at radius 2 is 2.00 bits per heavy atom. The summed E-state index contributed by atoms with van der Waals surface area (Å²) < 4.78 is 15.4. The third-order valence-corrected chi connectivity index (χ3v) is 3.60. The van der Waals surface area contributed by atoms with E-state index >= 15 is 0 Å². The summed E-state index contributed by atoms with van der Waals surface area (Å²) in [6, 6.07) is 13.3. The largest absolute Gasteiger partial charge is 0.497 e. The Hall–Kier alpha value is -2.99. The van der Waals surface area contributed by atoms with E-state index in [9.17, 15) is 9.59 Å². The first-order chi connectivity index (χ1) is 12.0. The number of rotatable bonds is 5. The Morgan fingerprint density at radius 3 is 2.80 bits per heavy atom. The van der Waals surface area contributed by atoms with E-state index in [2.05, 4.69) is 5.32 Å². The number of esters is 1. The Labute approximate surface area is 148 Å². The second-order valence-electron chi connectivity index (χ2n) is 5.15. The average molecular weight is 360 g/mol. The number of nitrogens with one attached hydrogen (secondary N) is 1. The number of methoxy groups -OCH3 is 1. The SMILES string of the molecule is COc1cccc(NC(=O)COC(=O)c2cc3cc(Cl)ccc3o2)c1. The molecule has 1 N–H and O–H groups in total. The second kappa shape index (κ2) is 7.27. The molecular formula is C18H14ClNO5. The number of carbonyl (C=O) groups is 2. The van der Waals surface area contributed by atoms with Crippen LogP contribution in [0.1, 0.15) is 10.6 Å². The van der Waals surface area contributed by atoms with Crippen molar-refractivity contribution in [3.8, 4) is 5.75 Å². The molecule has 0 bridgehead atoms. The van der Waals surface area contributed by atoms with Crippen LogP contribution in [0.5, 0.6) is 5.75 Å². The maximum atomic E-state index is 12.0. The number of hydrogen-bond acceptors (Lipinski definition) is 5. The van der Waals surface area contributed by atoms with Crippen molar-refractivity contribution in [2.45, 2.75) is 0 Å². The highest BCUT2D eigenvalue weighted by molar-refractivity contribution is 6.31. The third kappa shape index (κ3) is 4.10. The fraction of sp³-hybridized carbons (Fsp3) is 0.111. The topological polar surface area (TPSA) is 77.8 Å². The van der Waals surface area contributed by atoms with Gasteiger partial charge in [-0.25, -0.2) is 4.79 Å². The van der Waals surface area contributed by atoms with E-state index in [0.717, 1.165) is 0 Å². The van der Waals surface area contributed by atoms with E-state index < -0.39 is 18.5 Å². The number of hydrogen-bond donors (Lipinski definition) is 1. The second-order valence-corrected chi connectivity index (χ2v) is 5.59. The van der Waals surface area contributed by atoms with Gasteiger partial charge in [-0.2, -0.15) is 0 Å². The predicted octanol–water partition coefficient (Wildman–Crippen LogP) is 3.89. The van der Waals surface area contributed by atoms with Gasteiger partial charge in [-0.15, -0.1) is 0 Å². The van der Waals surface area contributed by atoms with Crippen molar-refractivity contribution in [1.29, 1.82) is 0 Å². The highest BCUT2D eigenvalue weighted by atomic mass is 35.5. The molecule has 3 aromatic rings. The van der Waals surface area contributed by atoms with Crippen molar-refractivity contribution in [1.82, 2.24) is 0 Å². The summed E-state index contributed by atoms with van der Waals surface area (Å²) in [6.45, 7) is -0.437. The van der Waals surface area contributed by atoms with Crippen LogP contribution in [0.4, 0.5) is 5.69 Å². The maximum Gasteiger partial charge on any atom is 0.374 e. The number of amides is 1. The molecule has 0 unspecified atom stereocenters.